The highest BCUT2D eigenvalue weighted by Gasteiger charge is 2.01. The van der Waals surface area contributed by atoms with Crippen molar-refractivity contribution < 1.29 is 14.4 Å². The summed E-state index contributed by atoms with van der Waals surface area (Å²) in [4.78, 5) is 32.9. The standard InChI is InChI=1S/C27H51NO3/c1-26(30)22-18-14-13-16-20-24-28-27(31)23-19-15-11-9-7-5-3-2-4-6-8-10-12-17-21-25-29/h25H,2-24H2,1H3,(H,28,31). The molecule has 0 aliphatic rings. The van der Waals surface area contributed by atoms with E-state index in [1.165, 1.54) is 77.0 Å². The number of unbranched alkanes of at least 4 members (excludes halogenated alkanes) is 18. The van der Waals surface area contributed by atoms with E-state index in [4.69, 9.17) is 0 Å². The van der Waals surface area contributed by atoms with Crippen LogP contribution in [0.15, 0.2) is 0 Å². The zero-order valence-electron chi connectivity index (χ0n) is 20.6. The van der Waals surface area contributed by atoms with Crippen molar-refractivity contribution in [2.24, 2.45) is 0 Å². The molecule has 1 N–H and O–H groups in total. The molecule has 0 aliphatic carbocycles. The molecule has 0 unspecified atom stereocenters. The minimum atomic E-state index is 0.209. The van der Waals surface area contributed by atoms with Crippen LogP contribution in [-0.4, -0.2) is 24.5 Å². The largest absolute Gasteiger partial charge is 0.356 e. The molecule has 0 rings (SSSR count). The molecule has 0 bridgehead atoms. The first-order valence-electron chi connectivity index (χ1n) is 13.4. The summed E-state index contributed by atoms with van der Waals surface area (Å²) in [5, 5.41) is 3.04. The van der Waals surface area contributed by atoms with Gasteiger partial charge in [0.1, 0.15) is 12.1 Å². The first-order chi connectivity index (χ1) is 15.2. The van der Waals surface area contributed by atoms with Gasteiger partial charge in [-0.2, -0.15) is 0 Å². The molecule has 0 aromatic heterocycles. The topological polar surface area (TPSA) is 63.2 Å². The Bertz CT molecular complexity index is 423. The molecule has 0 spiro atoms. The van der Waals surface area contributed by atoms with E-state index in [-0.39, 0.29) is 11.7 Å². The van der Waals surface area contributed by atoms with E-state index in [2.05, 4.69) is 5.32 Å². The molecule has 0 aromatic rings. The van der Waals surface area contributed by atoms with Crippen LogP contribution in [-0.2, 0) is 14.4 Å². The van der Waals surface area contributed by atoms with E-state index in [1.807, 2.05) is 0 Å². The molecule has 0 saturated heterocycles. The van der Waals surface area contributed by atoms with E-state index in [9.17, 15) is 14.4 Å². The lowest BCUT2D eigenvalue weighted by atomic mass is 10.0. The molecule has 31 heavy (non-hydrogen) atoms. The Labute approximate surface area is 192 Å². The first kappa shape index (κ1) is 29.8. The van der Waals surface area contributed by atoms with Gasteiger partial charge in [0.05, 0.1) is 0 Å². The van der Waals surface area contributed by atoms with Crippen molar-refractivity contribution in [3.05, 3.63) is 0 Å². The number of hydrogen-bond acceptors (Lipinski definition) is 3. The number of carbonyl (C=O) groups excluding carboxylic acids is 3. The fourth-order valence-corrected chi connectivity index (χ4v) is 3.98. The molecule has 0 fully saturated rings. The van der Waals surface area contributed by atoms with Gasteiger partial charge >= 0.3 is 0 Å². The predicted octanol–water partition coefficient (Wildman–Crippen LogP) is 7.47. The molecule has 0 saturated carbocycles. The fourth-order valence-electron chi connectivity index (χ4n) is 3.98. The molecule has 1 amide bonds. The summed E-state index contributed by atoms with van der Waals surface area (Å²) in [5.74, 6) is 0.494. The number of carbonyl (C=O) groups is 3. The number of ketones is 1. The molecule has 4 nitrogen and oxygen atoms in total. The van der Waals surface area contributed by atoms with Gasteiger partial charge in [-0.25, -0.2) is 0 Å². The quantitative estimate of drug-likeness (QED) is 0.119. The lowest BCUT2D eigenvalue weighted by molar-refractivity contribution is -0.121. The molecule has 0 radical (unpaired) electrons. The van der Waals surface area contributed by atoms with Crippen LogP contribution < -0.4 is 5.32 Å². The fraction of sp³-hybridized carbons (Fsp3) is 0.889. The van der Waals surface area contributed by atoms with Crippen molar-refractivity contribution in [1.29, 1.82) is 0 Å². The Morgan fingerprint density at radius 1 is 0.548 bits per heavy atom. The Kier molecular flexibility index (Phi) is 24.1. The van der Waals surface area contributed by atoms with Crippen LogP contribution in [0.2, 0.25) is 0 Å². The van der Waals surface area contributed by atoms with E-state index >= 15 is 0 Å². The van der Waals surface area contributed by atoms with E-state index in [0.717, 1.165) is 64.2 Å². The summed E-state index contributed by atoms with van der Waals surface area (Å²) in [6, 6.07) is 0. The lowest BCUT2D eigenvalue weighted by Crippen LogP contribution is -2.23. The smallest absolute Gasteiger partial charge is 0.219 e. The van der Waals surface area contributed by atoms with Crippen LogP contribution in [0, 0.1) is 0 Å². The number of amides is 1. The number of rotatable bonds is 25. The van der Waals surface area contributed by atoms with Crippen LogP contribution in [0.25, 0.3) is 0 Å². The van der Waals surface area contributed by atoms with Gasteiger partial charge < -0.3 is 14.9 Å². The Morgan fingerprint density at radius 3 is 1.39 bits per heavy atom. The highest BCUT2D eigenvalue weighted by Crippen LogP contribution is 2.13. The van der Waals surface area contributed by atoms with Gasteiger partial charge in [0.25, 0.3) is 0 Å². The predicted molar refractivity (Wildman–Crippen MR) is 131 cm³/mol. The Balaban J connectivity index is 3.15. The summed E-state index contributed by atoms with van der Waals surface area (Å²) in [6.45, 7) is 2.45. The van der Waals surface area contributed by atoms with Crippen molar-refractivity contribution in [3.63, 3.8) is 0 Å². The maximum atomic E-state index is 11.8. The monoisotopic (exact) mass is 437 g/mol. The molecule has 0 atom stereocenters. The molecular weight excluding hydrogens is 386 g/mol. The van der Waals surface area contributed by atoms with Crippen LogP contribution in [0.4, 0.5) is 0 Å². The van der Waals surface area contributed by atoms with Crippen molar-refractivity contribution >= 4 is 18.0 Å². The highest BCUT2D eigenvalue weighted by atomic mass is 16.1. The van der Waals surface area contributed by atoms with Gasteiger partial charge in [-0.3, -0.25) is 4.79 Å². The maximum absolute atomic E-state index is 11.8. The minimum Gasteiger partial charge on any atom is -0.356 e. The number of Topliss-reactive ketones (excluding diaryl/α,β-unsaturated/α-hetero) is 1. The molecule has 0 aliphatic heterocycles. The third kappa shape index (κ3) is 26.8. The summed E-state index contributed by atoms with van der Waals surface area (Å²) in [5.41, 5.74) is 0. The second kappa shape index (κ2) is 25.1. The first-order valence-corrected chi connectivity index (χ1v) is 13.4. The summed E-state index contributed by atoms with van der Waals surface area (Å²) in [7, 11) is 0. The third-order valence-electron chi connectivity index (χ3n) is 6.00. The molecule has 4 heteroatoms. The molecule has 182 valence electrons. The highest BCUT2D eigenvalue weighted by molar-refractivity contribution is 5.75. The number of aldehydes is 1. The van der Waals surface area contributed by atoms with Gasteiger partial charge in [-0.1, -0.05) is 96.3 Å². The van der Waals surface area contributed by atoms with Crippen LogP contribution in [0.1, 0.15) is 148 Å². The van der Waals surface area contributed by atoms with Crippen molar-refractivity contribution in [1.82, 2.24) is 5.32 Å². The lowest BCUT2D eigenvalue weighted by Gasteiger charge is -2.06. The van der Waals surface area contributed by atoms with Crippen molar-refractivity contribution in [2.75, 3.05) is 6.54 Å². The Morgan fingerprint density at radius 2 is 0.935 bits per heavy atom. The van der Waals surface area contributed by atoms with E-state index in [1.54, 1.807) is 6.92 Å². The third-order valence-corrected chi connectivity index (χ3v) is 6.00. The van der Waals surface area contributed by atoms with Gasteiger partial charge in [0, 0.05) is 25.8 Å². The molecular formula is C27H51NO3. The average molecular weight is 438 g/mol. The van der Waals surface area contributed by atoms with Gasteiger partial charge in [-0.15, -0.1) is 0 Å². The zero-order chi connectivity index (χ0) is 22.8. The van der Waals surface area contributed by atoms with Crippen LogP contribution in [0.5, 0.6) is 0 Å². The second-order valence-electron chi connectivity index (χ2n) is 9.22. The Hall–Kier alpha value is -1.19. The summed E-state index contributed by atoms with van der Waals surface area (Å²) >= 11 is 0. The van der Waals surface area contributed by atoms with Gasteiger partial charge in [0.15, 0.2) is 0 Å². The number of nitrogens with one attached hydrogen (secondary N) is 1. The normalized spacial score (nSPS) is 10.9. The maximum Gasteiger partial charge on any atom is 0.219 e. The zero-order valence-corrected chi connectivity index (χ0v) is 20.6. The second-order valence-corrected chi connectivity index (χ2v) is 9.22. The summed E-state index contributed by atoms with van der Waals surface area (Å²) < 4.78 is 0. The average Bonchev–Trinajstić information content (AvgIpc) is 2.75. The van der Waals surface area contributed by atoms with Gasteiger partial charge in [-0.05, 0) is 32.6 Å². The SMILES string of the molecule is CC(=O)CCCCCCCNC(=O)CCCCCCCCCCCCCCCCC=O. The summed E-state index contributed by atoms with van der Waals surface area (Å²) in [6.07, 6.45) is 26.4. The van der Waals surface area contributed by atoms with Crippen LogP contribution in [0.3, 0.4) is 0 Å². The number of hydrogen-bond donors (Lipinski definition) is 1. The minimum absolute atomic E-state index is 0.209. The van der Waals surface area contributed by atoms with Gasteiger partial charge in [0.2, 0.25) is 5.91 Å². The van der Waals surface area contributed by atoms with E-state index in [0.29, 0.717) is 12.8 Å². The van der Waals surface area contributed by atoms with Crippen molar-refractivity contribution in [3.8, 4) is 0 Å². The molecule has 0 aromatic carbocycles. The van der Waals surface area contributed by atoms with Crippen molar-refractivity contribution in [2.45, 2.75) is 148 Å². The van der Waals surface area contributed by atoms with E-state index < -0.39 is 0 Å². The van der Waals surface area contributed by atoms with Crippen LogP contribution >= 0.6 is 0 Å². The molecule has 0 heterocycles.